The summed E-state index contributed by atoms with van der Waals surface area (Å²) in [5.74, 6) is -2.80. The largest absolute Gasteiger partial charge is 0.491 e. The quantitative estimate of drug-likeness (QED) is 0.346. The van der Waals surface area contributed by atoms with Crippen LogP contribution in [0.3, 0.4) is 0 Å². The van der Waals surface area contributed by atoms with Crippen LogP contribution in [-0.2, 0) is 11.2 Å². The average molecular weight is 493 g/mol. The molecule has 35 heavy (non-hydrogen) atoms. The van der Waals surface area contributed by atoms with Crippen molar-refractivity contribution in [2.45, 2.75) is 89.1 Å². The Bertz CT molecular complexity index is 993. The van der Waals surface area contributed by atoms with E-state index in [0.29, 0.717) is 29.0 Å². The average Bonchev–Trinajstić information content (AvgIpc) is 2.88. The van der Waals surface area contributed by atoms with Gasteiger partial charge in [0.25, 0.3) is 0 Å². The molecule has 2 fully saturated rings. The maximum atomic E-state index is 14.9. The first-order chi connectivity index (χ1) is 16.9. The molecule has 192 valence electrons. The van der Waals surface area contributed by atoms with Crippen LogP contribution in [0.15, 0.2) is 24.3 Å². The standard InChI is InChI=1S/C29H36F4O2/c1-3-35-25-17-16-24(28(32)29(25)33)19-7-4-18(5-8-19)6-9-21-12-15-23(27(31)26(21)30)20-10-13-22(34-2)14-11-20/h12,15-20,22H,3-11,13-14H2,1-2H3. The van der Waals surface area contributed by atoms with Crippen LogP contribution in [0.2, 0.25) is 0 Å². The molecule has 6 heteroatoms. The van der Waals surface area contributed by atoms with Crippen LogP contribution in [0.25, 0.3) is 0 Å². The Morgan fingerprint density at radius 2 is 1.29 bits per heavy atom. The van der Waals surface area contributed by atoms with E-state index in [1.54, 1.807) is 32.2 Å². The second kappa shape index (κ2) is 11.8. The fourth-order valence-corrected chi connectivity index (χ4v) is 5.97. The number of rotatable bonds is 8. The summed E-state index contributed by atoms with van der Waals surface area (Å²) < 4.78 is 69.2. The lowest BCUT2D eigenvalue weighted by Crippen LogP contribution is -2.20. The van der Waals surface area contributed by atoms with Crippen LogP contribution in [0.4, 0.5) is 17.6 Å². The summed E-state index contributed by atoms with van der Waals surface area (Å²) in [6, 6.07) is 6.66. The zero-order valence-corrected chi connectivity index (χ0v) is 20.7. The molecule has 0 aliphatic heterocycles. The predicted molar refractivity (Wildman–Crippen MR) is 129 cm³/mol. The minimum Gasteiger partial charge on any atom is -0.491 e. The summed E-state index contributed by atoms with van der Waals surface area (Å²) in [5, 5.41) is 0. The smallest absolute Gasteiger partial charge is 0.200 e. The fourth-order valence-electron chi connectivity index (χ4n) is 5.97. The molecular weight excluding hydrogens is 456 g/mol. The van der Waals surface area contributed by atoms with E-state index < -0.39 is 23.3 Å². The van der Waals surface area contributed by atoms with E-state index in [4.69, 9.17) is 9.47 Å². The van der Waals surface area contributed by atoms with E-state index >= 15 is 0 Å². The number of hydrogen-bond acceptors (Lipinski definition) is 2. The number of halogens is 4. The number of ether oxygens (including phenoxy) is 2. The lowest BCUT2D eigenvalue weighted by molar-refractivity contribution is 0.0655. The van der Waals surface area contributed by atoms with Crippen LogP contribution in [0, 0.1) is 29.2 Å². The van der Waals surface area contributed by atoms with Gasteiger partial charge in [-0.05, 0) is 112 Å². The van der Waals surface area contributed by atoms with Gasteiger partial charge in [-0.25, -0.2) is 13.2 Å². The Labute approximate surface area is 206 Å². The maximum Gasteiger partial charge on any atom is 0.200 e. The van der Waals surface area contributed by atoms with Gasteiger partial charge in [0.15, 0.2) is 23.2 Å². The summed E-state index contributed by atoms with van der Waals surface area (Å²) in [6.45, 7) is 2.01. The molecule has 0 aromatic heterocycles. The van der Waals surface area contributed by atoms with Crippen LogP contribution in [0.5, 0.6) is 5.75 Å². The molecule has 2 nitrogen and oxygen atoms in total. The van der Waals surface area contributed by atoms with Crippen molar-refractivity contribution in [3.8, 4) is 5.75 Å². The van der Waals surface area contributed by atoms with Crippen molar-refractivity contribution in [1.29, 1.82) is 0 Å². The molecule has 4 rings (SSSR count). The molecule has 2 saturated carbocycles. The van der Waals surface area contributed by atoms with Gasteiger partial charge in [0.2, 0.25) is 5.82 Å². The molecule has 0 atom stereocenters. The van der Waals surface area contributed by atoms with Crippen LogP contribution in [-0.4, -0.2) is 19.8 Å². The molecule has 0 radical (unpaired) electrons. The molecule has 0 bridgehead atoms. The molecule has 0 N–H and O–H groups in total. The Kier molecular flexibility index (Phi) is 8.74. The van der Waals surface area contributed by atoms with E-state index in [9.17, 15) is 17.6 Å². The van der Waals surface area contributed by atoms with Gasteiger partial charge >= 0.3 is 0 Å². The van der Waals surface area contributed by atoms with Crippen LogP contribution >= 0.6 is 0 Å². The van der Waals surface area contributed by atoms with Gasteiger partial charge in [-0.15, -0.1) is 0 Å². The van der Waals surface area contributed by atoms with Gasteiger partial charge in [0, 0.05) is 7.11 Å². The molecule has 0 amide bonds. The second-order valence-corrected chi connectivity index (χ2v) is 10.1. The Hall–Kier alpha value is -2.08. The van der Waals surface area contributed by atoms with Crippen molar-refractivity contribution in [3.05, 3.63) is 64.2 Å². The Balaban J connectivity index is 1.31. The molecule has 0 unspecified atom stereocenters. The highest BCUT2D eigenvalue weighted by Gasteiger charge is 2.28. The van der Waals surface area contributed by atoms with Crippen molar-refractivity contribution >= 4 is 0 Å². The van der Waals surface area contributed by atoms with E-state index in [-0.39, 0.29) is 30.3 Å². The summed E-state index contributed by atoms with van der Waals surface area (Å²) in [6.07, 6.45) is 8.10. The number of methoxy groups -OCH3 is 1. The van der Waals surface area contributed by atoms with Crippen molar-refractivity contribution in [2.24, 2.45) is 5.92 Å². The first-order valence-corrected chi connectivity index (χ1v) is 13.0. The predicted octanol–water partition coefficient (Wildman–Crippen LogP) is 8.22. The summed E-state index contributed by atoms with van der Waals surface area (Å²) in [7, 11) is 1.70. The lowest BCUT2D eigenvalue weighted by atomic mass is 9.76. The lowest BCUT2D eigenvalue weighted by Gasteiger charge is -2.29. The van der Waals surface area contributed by atoms with Crippen LogP contribution in [0.1, 0.15) is 93.2 Å². The van der Waals surface area contributed by atoms with Gasteiger partial charge in [0.1, 0.15) is 0 Å². The summed E-state index contributed by atoms with van der Waals surface area (Å²) >= 11 is 0. The third-order valence-electron chi connectivity index (χ3n) is 8.12. The minimum absolute atomic E-state index is 0.0295. The maximum absolute atomic E-state index is 14.9. The fraction of sp³-hybridized carbons (Fsp3) is 0.586. The molecule has 0 spiro atoms. The Morgan fingerprint density at radius 1 is 0.714 bits per heavy atom. The monoisotopic (exact) mass is 492 g/mol. The number of aryl methyl sites for hydroxylation is 1. The van der Waals surface area contributed by atoms with E-state index in [0.717, 1.165) is 57.8 Å². The Morgan fingerprint density at radius 3 is 1.89 bits per heavy atom. The third kappa shape index (κ3) is 5.84. The third-order valence-corrected chi connectivity index (χ3v) is 8.12. The first kappa shape index (κ1) is 26.0. The molecule has 0 heterocycles. The van der Waals surface area contributed by atoms with Gasteiger partial charge in [-0.2, -0.15) is 4.39 Å². The molecule has 2 aliphatic carbocycles. The molecule has 2 aromatic carbocycles. The van der Waals surface area contributed by atoms with Gasteiger partial charge < -0.3 is 9.47 Å². The van der Waals surface area contributed by atoms with Crippen molar-refractivity contribution < 1.29 is 27.0 Å². The SMILES string of the molecule is CCOc1ccc(C2CCC(CCc3ccc(C4CCC(OC)CC4)c(F)c3F)CC2)c(F)c1F. The zero-order chi connectivity index (χ0) is 24.9. The minimum atomic E-state index is -0.917. The van der Waals surface area contributed by atoms with Gasteiger partial charge in [0.05, 0.1) is 12.7 Å². The van der Waals surface area contributed by atoms with E-state index in [1.807, 2.05) is 0 Å². The summed E-state index contributed by atoms with van der Waals surface area (Å²) in [4.78, 5) is 0. The second-order valence-electron chi connectivity index (χ2n) is 10.1. The van der Waals surface area contributed by atoms with E-state index in [1.165, 1.54) is 6.07 Å². The molecule has 0 saturated heterocycles. The van der Waals surface area contributed by atoms with E-state index in [2.05, 4.69) is 0 Å². The van der Waals surface area contributed by atoms with Crippen LogP contribution < -0.4 is 4.74 Å². The number of benzene rings is 2. The highest BCUT2D eigenvalue weighted by atomic mass is 19.2. The topological polar surface area (TPSA) is 18.5 Å². The molecule has 2 aromatic rings. The molecule has 2 aliphatic rings. The first-order valence-electron chi connectivity index (χ1n) is 13.0. The number of hydrogen-bond donors (Lipinski definition) is 0. The van der Waals surface area contributed by atoms with Crippen molar-refractivity contribution in [3.63, 3.8) is 0 Å². The molecular formula is C29H36F4O2. The highest BCUT2D eigenvalue weighted by Crippen LogP contribution is 2.41. The summed E-state index contributed by atoms with van der Waals surface area (Å²) in [5.41, 5.74) is 1.33. The van der Waals surface area contributed by atoms with Gasteiger partial charge in [-0.1, -0.05) is 18.2 Å². The highest BCUT2D eigenvalue weighted by molar-refractivity contribution is 5.33. The zero-order valence-electron chi connectivity index (χ0n) is 20.7. The van der Waals surface area contributed by atoms with Gasteiger partial charge in [-0.3, -0.25) is 0 Å². The van der Waals surface area contributed by atoms with Crippen molar-refractivity contribution in [1.82, 2.24) is 0 Å². The normalized spacial score (nSPS) is 25.0. The van der Waals surface area contributed by atoms with Crippen molar-refractivity contribution in [2.75, 3.05) is 13.7 Å².